The van der Waals surface area contributed by atoms with Gasteiger partial charge in [0.25, 0.3) is 0 Å². The number of unbranched alkanes of at least 4 members (excludes halogenated alkanes) is 18. The van der Waals surface area contributed by atoms with Gasteiger partial charge in [0, 0.05) is 0 Å². The highest BCUT2D eigenvalue weighted by Gasteiger charge is 2.15. The summed E-state index contributed by atoms with van der Waals surface area (Å²) >= 11 is 0. The zero-order valence-corrected chi connectivity index (χ0v) is 19.1. The van der Waals surface area contributed by atoms with Crippen molar-refractivity contribution in [3.63, 3.8) is 0 Å². The molecule has 0 aromatic carbocycles. The molecule has 0 atom stereocenters. The number of hydrogen-bond donors (Lipinski definition) is 1. The Morgan fingerprint density at radius 2 is 0.680 bits per heavy atom. The van der Waals surface area contributed by atoms with E-state index in [1.165, 1.54) is 122 Å². The molecule has 0 unspecified atom stereocenters. The summed E-state index contributed by atoms with van der Waals surface area (Å²) < 4.78 is 0. The van der Waals surface area contributed by atoms with E-state index in [0.29, 0.717) is 0 Å². The quantitative estimate of drug-likeness (QED) is 0.168. The molecule has 0 spiro atoms. The van der Waals surface area contributed by atoms with E-state index in [9.17, 15) is 4.80 Å². The Kier molecular flexibility index (Phi) is 19.1. The van der Waals surface area contributed by atoms with Crippen molar-refractivity contribution >= 4 is 8.32 Å². The monoisotopic (exact) mass is 370 g/mol. The van der Waals surface area contributed by atoms with Crippen LogP contribution in [0.15, 0.2) is 0 Å². The maximum Gasteiger partial charge on any atom is 0.182 e. The molecule has 0 radical (unpaired) electrons. The summed E-state index contributed by atoms with van der Waals surface area (Å²) in [5.41, 5.74) is 0. The second-order valence-corrected chi connectivity index (χ2v) is 13.1. The minimum absolute atomic E-state index is 1.09. The Morgan fingerprint density at radius 1 is 0.440 bits per heavy atom. The first-order valence-electron chi connectivity index (χ1n) is 11.8. The summed E-state index contributed by atoms with van der Waals surface area (Å²) in [4.78, 5) is 9.80. The third-order valence-electron chi connectivity index (χ3n) is 5.39. The maximum absolute atomic E-state index is 9.80. The van der Waals surface area contributed by atoms with Crippen LogP contribution in [0.3, 0.4) is 0 Å². The van der Waals surface area contributed by atoms with Crippen LogP contribution in [0.4, 0.5) is 0 Å². The van der Waals surface area contributed by atoms with Gasteiger partial charge in [0.15, 0.2) is 8.32 Å². The molecule has 2 heteroatoms. The van der Waals surface area contributed by atoms with Crippen LogP contribution in [0.5, 0.6) is 0 Å². The predicted molar refractivity (Wildman–Crippen MR) is 118 cm³/mol. The lowest BCUT2D eigenvalue weighted by Gasteiger charge is -2.12. The highest BCUT2D eigenvalue weighted by Crippen LogP contribution is 2.16. The molecule has 0 saturated heterocycles. The summed E-state index contributed by atoms with van der Waals surface area (Å²) in [6.45, 7) is 6.41. The van der Waals surface area contributed by atoms with Crippen molar-refractivity contribution in [1.29, 1.82) is 0 Å². The standard InChI is InChI=1S/C23H50OSi/c1-4-5-6-7-8-9-10-11-12-13-14-15-16-17-18-19-20-21-22-23-25(2,3)24/h24H,4-23H2,1-3H3. The fourth-order valence-electron chi connectivity index (χ4n) is 3.64. The molecule has 0 aliphatic heterocycles. The fourth-order valence-corrected chi connectivity index (χ4v) is 4.75. The summed E-state index contributed by atoms with van der Waals surface area (Å²) in [6, 6.07) is 1.09. The van der Waals surface area contributed by atoms with E-state index < -0.39 is 8.32 Å². The van der Waals surface area contributed by atoms with E-state index in [4.69, 9.17) is 0 Å². The van der Waals surface area contributed by atoms with E-state index >= 15 is 0 Å². The lowest BCUT2D eigenvalue weighted by atomic mass is 10.0. The van der Waals surface area contributed by atoms with Gasteiger partial charge in [-0.15, -0.1) is 0 Å². The first-order valence-corrected chi connectivity index (χ1v) is 14.9. The summed E-state index contributed by atoms with van der Waals surface area (Å²) in [6.07, 6.45) is 27.2. The van der Waals surface area contributed by atoms with E-state index in [0.717, 1.165) is 6.04 Å². The van der Waals surface area contributed by atoms with Gasteiger partial charge in [-0.1, -0.05) is 129 Å². The van der Waals surface area contributed by atoms with Crippen LogP contribution >= 0.6 is 0 Å². The molecule has 152 valence electrons. The van der Waals surface area contributed by atoms with Crippen LogP contribution in [-0.2, 0) is 0 Å². The van der Waals surface area contributed by atoms with Gasteiger partial charge in [-0.05, 0) is 19.1 Å². The molecule has 0 amide bonds. The van der Waals surface area contributed by atoms with Crippen molar-refractivity contribution in [2.75, 3.05) is 0 Å². The average Bonchev–Trinajstić information content (AvgIpc) is 2.56. The van der Waals surface area contributed by atoms with Crippen molar-refractivity contribution in [2.45, 2.75) is 148 Å². The van der Waals surface area contributed by atoms with Crippen molar-refractivity contribution in [1.82, 2.24) is 0 Å². The number of hydrogen-bond acceptors (Lipinski definition) is 1. The van der Waals surface area contributed by atoms with Gasteiger partial charge in [-0.2, -0.15) is 0 Å². The molecule has 0 aromatic rings. The summed E-state index contributed by atoms with van der Waals surface area (Å²) in [5, 5.41) is 0. The van der Waals surface area contributed by atoms with Crippen LogP contribution in [0.1, 0.15) is 129 Å². The normalized spacial score (nSPS) is 12.0. The molecule has 0 bridgehead atoms. The highest BCUT2D eigenvalue weighted by molar-refractivity contribution is 6.69. The summed E-state index contributed by atoms with van der Waals surface area (Å²) in [7, 11) is -1.77. The molecule has 0 aliphatic carbocycles. The molecule has 0 heterocycles. The van der Waals surface area contributed by atoms with Gasteiger partial charge >= 0.3 is 0 Å². The Morgan fingerprint density at radius 3 is 0.920 bits per heavy atom. The molecular formula is C23H50OSi. The SMILES string of the molecule is CCCCCCCCCCCCCCCCCCCCC[Si](C)(C)O. The van der Waals surface area contributed by atoms with Crippen LogP contribution in [-0.4, -0.2) is 13.1 Å². The second-order valence-electron chi connectivity index (χ2n) is 8.93. The third-order valence-corrected chi connectivity index (χ3v) is 6.97. The van der Waals surface area contributed by atoms with Gasteiger partial charge in [0.05, 0.1) is 0 Å². The molecule has 1 nitrogen and oxygen atoms in total. The van der Waals surface area contributed by atoms with E-state index in [-0.39, 0.29) is 0 Å². The van der Waals surface area contributed by atoms with Crippen LogP contribution in [0.25, 0.3) is 0 Å². The van der Waals surface area contributed by atoms with E-state index in [1.54, 1.807) is 0 Å². The van der Waals surface area contributed by atoms with Crippen LogP contribution in [0.2, 0.25) is 19.1 Å². The van der Waals surface area contributed by atoms with Crippen molar-refractivity contribution in [3.8, 4) is 0 Å². The first kappa shape index (κ1) is 25.2. The van der Waals surface area contributed by atoms with Crippen LogP contribution in [0, 0.1) is 0 Å². The molecule has 0 saturated carbocycles. The molecule has 0 fully saturated rings. The minimum Gasteiger partial charge on any atom is -0.432 e. The maximum atomic E-state index is 9.80. The van der Waals surface area contributed by atoms with E-state index in [1.807, 2.05) is 0 Å². The van der Waals surface area contributed by atoms with Crippen molar-refractivity contribution in [3.05, 3.63) is 0 Å². The molecule has 1 N–H and O–H groups in total. The zero-order valence-electron chi connectivity index (χ0n) is 18.1. The Hall–Kier alpha value is 0.177. The van der Waals surface area contributed by atoms with Gasteiger partial charge in [0.2, 0.25) is 0 Å². The molecular weight excluding hydrogens is 320 g/mol. The minimum atomic E-state index is -1.77. The van der Waals surface area contributed by atoms with Gasteiger partial charge in [0.1, 0.15) is 0 Å². The Labute approximate surface area is 161 Å². The summed E-state index contributed by atoms with van der Waals surface area (Å²) in [5.74, 6) is 0. The molecule has 0 rings (SSSR count). The van der Waals surface area contributed by atoms with Gasteiger partial charge in [-0.25, -0.2) is 0 Å². The largest absolute Gasteiger partial charge is 0.432 e. The Balaban J connectivity index is 3.01. The van der Waals surface area contributed by atoms with Crippen molar-refractivity contribution < 1.29 is 4.80 Å². The van der Waals surface area contributed by atoms with Gasteiger partial charge in [-0.3, -0.25) is 0 Å². The lowest BCUT2D eigenvalue weighted by Crippen LogP contribution is -2.23. The average molecular weight is 371 g/mol. The Bertz CT molecular complexity index is 247. The topological polar surface area (TPSA) is 20.2 Å². The first-order chi connectivity index (χ1) is 12.1. The highest BCUT2D eigenvalue weighted by atomic mass is 28.4. The molecule has 25 heavy (non-hydrogen) atoms. The second kappa shape index (κ2) is 19.0. The predicted octanol–water partition coefficient (Wildman–Crippen LogP) is 8.62. The zero-order chi connectivity index (χ0) is 18.6. The van der Waals surface area contributed by atoms with E-state index in [2.05, 4.69) is 20.0 Å². The molecule has 0 aliphatic rings. The van der Waals surface area contributed by atoms with Crippen molar-refractivity contribution in [2.24, 2.45) is 0 Å². The lowest BCUT2D eigenvalue weighted by molar-refractivity contribution is 0.520. The number of rotatable bonds is 20. The molecule has 0 aromatic heterocycles. The third kappa shape index (κ3) is 24.2. The smallest absolute Gasteiger partial charge is 0.182 e. The van der Waals surface area contributed by atoms with Gasteiger partial charge < -0.3 is 4.80 Å². The fraction of sp³-hybridized carbons (Fsp3) is 1.00. The van der Waals surface area contributed by atoms with Crippen LogP contribution < -0.4 is 0 Å².